The second kappa shape index (κ2) is 6.54. The Balaban J connectivity index is 2.00. The molecule has 0 unspecified atom stereocenters. The van der Waals surface area contributed by atoms with Gasteiger partial charge in [0.2, 0.25) is 0 Å². The van der Waals surface area contributed by atoms with Gasteiger partial charge in [-0.2, -0.15) is 0 Å². The van der Waals surface area contributed by atoms with Crippen LogP contribution in [0, 0.1) is 6.92 Å². The number of aromatic nitrogens is 2. The molecule has 3 aromatic rings. The maximum atomic E-state index is 12.5. The first kappa shape index (κ1) is 15.7. The number of aromatic amines is 1. The van der Waals surface area contributed by atoms with Gasteiger partial charge in [-0.1, -0.05) is 31.2 Å². The smallest absolute Gasteiger partial charge is 0.299 e. The number of benzene rings is 2. The third kappa shape index (κ3) is 2.99. The van der Waals surface area contributed by atoms with E-state index in [9.17, 15) is 9.90 Å². The van der Waals surface area contributed by atoms with Crippen molar-refractivity contribution in [3.8, 4) is 11.4 Å². The van der Waals surface area contributed by atoms with Crippen molar-refractivity contribution in [2.75, 3.05) is 0 Å². The van der Waals surface area contributed by atoms with Crippen LogP contribution < -0.4 is 5.56 Å². The Hall–Kier alpha value is -3.15. The maximum Gasteiger partial charge on any atom is 0.299 e. The minimum Gasteiger partial charge on any atom is -0.506 e. The molecule has 0 aliphatic rings. The zero-order valence-corrected chi connectivity index (χ0v) is 13.5. The fraction of sp³-hybridized carbons (Fsp3) is 0.167. The molecular formula is C18H18N4O2. The monoisotopic (exact) mass is 322 g/mol. The summed E-state index contributed by atoms with van der Waals surface area (Å²) in [5.41, 5.74) is 2.66. The zero-order valence-electron chi connectivity index (χ0n) is 13.5. The van der Waals surface area contributed by atoms with Gasteiger partial charge in [0.1, 0.15) is 11.4 Å². The quantitative estimate of drug-likeness (QED) is 0.707. The largest absolute Gasteiger partial charge is 0.506 e. The van der Waals surface area contributed by atoms with Gasteiger partial charge in [-0.25, -0.2) is 4.68 Å². The molecule has 6 nitrogen and oxygen atoms in total. The highest BCUT2D eigenvalue weighted by molar-refractivity contribution is 5.53. The number of hydrogen-bond acceptors (Lipinski definition) is 4. The fourth-order valence-electron chi connectivity index (χ4n) is 2.39. The van der Waals surface area contributed by atoms with Crippen LogP contribution in [0.4, 0.5) is 11.4 Å². The van der Waals surface area contributed by atoms with Crippen LogP contribution in [0.3, 0.4) is 0 Å². The molecule has 1 heterocycles. The van der Waals surface area contributed by atoms with Crippen LogP contribution in [0.1, 0.15) is 18.2 Å². The highest BCUT2D eigenvalue weighted by Crippen LogP contribution is 2.29. The molecule has 0 aliphatic heterocycles. The minimum absolute atomic E-state index is 0.0347. The van der Waals surface area contributed by atoms with Crippen molar-refractivity contribution in [3.05, 3.63) is 70.1 Å². The summed E-state index contributed by atoms with van der Waals surface area (Å²) in [6.07, 6.45) is 0.826. The third-order valence-electron chi connectivity index (χ3n) is 3.76. The van der Waals surface area contributed by atoms with Crippen molar-refractivity contribution in [3.63, 3.8) is 0 Å². The van der Waals surface area contributed by atoms with E-state index in [2.05, 4.69) is 15.3 Å². The Morgan fingerprint density at radius 3 is 2.58 bits per heavy atom. The van der Waals surface area contributed by atoms with Crippen molar-refractivity contribution < 1.29 is 5.11 Å². The second-order valence-corrected chi connectivity index (χ2v) is 5.44. The summed E-state index contributed by atoms with van der Waals surface area (Å²) in [6.45, 7) is 3.78. The van der Waals surface area contributed by atoms with Gasteiger partial charge in [0, 0.05) is 0 Å². The summed E-state index contributed by atoms with van der Waals surface area (Å²) >= 11 is 0. The van der Waals surface area contributed by atoms with E-state index in [1.54, 1.807) is 19.1 Å². The lowest BCUT2D eigenvalue weighted by molar-refractivity contribution is 0.476. The van der Waals surface area contributed by atoms with Crippen LogP contribution in [0.2, 0.25) is 0 Å². The third-order valence-corrected chi connectivity index (χ3v) is 3.76. The Bertz CT molecular complexity index is 939. The summed E-state index contributed by atoms with van der Waals surface area (Å²) in [5.74, 6) is 0.0347. The number of hydrogen-bond donors (Lipinski definition) is 2. The number of H-pyrrole nitrogens is 1. The minimum atomic E-state index is -0.284. The van der Waals surface area contributed by atoms with Crippen molar-refractivity contribution >= 4 is 11.4 Å². The number of aryl methyl sites for hydroxylation is 2. The Kier molecular flexibility index (Phi) is 4.29. The van der Waals surface area contributed by atoms with Gasteiger partial charge in [0.25, 0.3) is 5.56 Å². The van der Waals surface area contributed by atoms with Crippen molar-refractivity contribution in [2.24, 2.45) is 10.2 Å². The number of nitrogens with one attached hydrogen (secondary N) is 1. The summed E-state index contributed by atoms with van der Waals surface area (Å²) < 4.78 is 1.42. The molecule has 0 saturated carbocycles. The van der Waals surface area contributed by atoms with Gasteiger partial charge >= 0.3 is 0 Å². The molecule has 0 bridgehead atoms. The molecule has 2 N–H and O–H groups in total. The standard InChI is InChI=1S/C18H18N4O2/c1-3-13-9-10-16(23)15(11-13)19-20-17-12(2)21-22(18(17)24)14-7-5-4-6-8-14/h4-11,21,23H,3H2,1-2H3. The number of rotatable bonds is 4. The molecule has 3 rings (SSSR count). The van der Waals surface area contributed by atoms with E-state index in [0.29, 0.717) is 11.4 Å². The molecule has 0 aliphatic carbocycles. The highest BCUT2D eigenvalue weighted by atomic mass is 16.3. The summed E-state index contributed by atoms with van der Waals surface area (Å²) in [6, 6.07) is 14.4. The first-order valence-corrected chi connectivity index (χ1v) is 7.71. The first-order chi connectivity index (χ1) is 11.6. The average molecular weight is 322 g/mol. The first-order valence-electron chi connectivity index (χ1n) is 7.71. The molecule has 2 aromatic carbocycles. The van der Waals surface area contributed by atoms with Crippen LogP contribution in [0.15, 0.2) is 63.6 Å². The zero-order chi connectivity index (χ0) is 17.1. The van der Waals surface area contributed by atoms with Crippen molar-refractivity contribution in [1.29, 1.82) is 0 Å². The SMILES string of the molecule is CCc1ccc(O)c(N=Nc2c(C)[nH]n(-c3ccccc3)c2=O)c1. The number of nitrogens with zero attached hydrogens (tertiary/aromatic N) is 3. The second-order valence-electron chi connectivity index (χ2n) is 5.44. The van der Waals surface area contributed by atoms with Gasteiger partial charge in [0.05, 0.1) is 11.4 Å². The topological polar surface area (TPSA) is 82.7 Å². The van der Waals surface area contributed by atoms with Gasteiger partial charge in [-0.15, -0.1) is 10.2 Å². The Morgan fingerprint density at radius 2 is 1.88 bits per heavy atom. The molecule has 6 heteroatoms. The van der Waals surface area contributed by atoms with E-state index in [-0.39, 0.29) is 17.0 Å². The van der Waals surface area contributed by atoms with Gasteiger partial charge in [0.15, 0.2) is 5.69 Å². The van der Waals surface area contributed by atoms with E-state index >= 15 is 0 Å². The highest BCUT2D eigenvalue weighted by Gasteiger charge is 2.12. The van der Waals surface area contributed by atoms with Crippen LogP contribution in [0.25, 0.3) is 5.69 Å². The molecule has 0 radical (unpaired) electrons. The van der Waals surface area contributed by atoms with E-state index in [1.807, 2.05) is 43.3 Å². The number of para-hydroxylation sites is 1. The van der Waals surface area contributed by atoms with Gasteiger partial charge in [-0.3, -0.25) is 9.89 Å². The van der Waals surface area contributed by atoms with Crippen molar-refractivity contribution in [2.45, 2.75) is 20.3 Å². The summed E-state index contributed by atoms with van der Waals surface area (Å²) in [4.78, 5) is 12.5. The lowest BCUT2D eigenvalue weighted by Gasteiger charge is -2.00. The number of phenols is 1. The molecule has 0 amide bonds. The number of aromatic hydroxyl groups is 1. The number of azo groups is 1. The van der Waals surface area contributed by atoms with Crippen LogP contribution in [0.5, 0.6) is 5.75 Å². The van der Waals surface area contributed by atoms with Crippen LogP contribution >= 0.6 is 0 Å². The van der Waals surface area contributed by atoms with Gasteiger partial charge < -0.3 is 5.11 Å². The molecule has 24 heavy (non-hydrogen) atoms. The van der Waals surface area contributed by atoms with E-state index in [4.69, 9.17) is 0 Å². The lowest BCUT2D eigenvalue weighted by atomic mass is 10.1. The fourth-order valence-corrected chi connectivity index (χ4v) is 2.39. The molecule has 122 valence electrons. The molecule has 1 aromatic heterocycles. The Labute approximate surface area is 139 Å². The predicted octanol–water partition coefficient (Wildman–Crippen LogP) is 4.16. The van der Waals surface area contributed by atoms with Crippen molar-refractivity contribution in [1.82, 2.24) is 9.78 Å². The van der Waals surface area contributed by atoms with E-state index in [0.717, 1.165) is 17.7 Å². The predicted molar refractivity (Wildman–Crippen MR) is 92.8 cm³/mol. The van der Waals surface area contributed by atoms with E-state index in [1.165, 1.54) is 4.68 Å². The molecular weight excluding hydrogens is 304 g/mol. The molecule has 0 saturated heterocycles. The summed E-state index contributed by atoms with van der Waals surface area (Å²) in [7, 11) is 0. The number of phenolic OH excluding ortho intramolecular Hbond substituents is 1. The lowest BCUT2D eigenvalue weighted by Crippen LogP contribution is -2.13. The summed E-state index contributed by atoms with van der Waals surface area (Å²) in [5, 5.41) is 21.0. The van der Waals surface area contributed by atoms with Gasteiger partial charge in [-0.05, 0) is 43.2 Å². The van der Waals surface area contributed by atoms with E-state index < -0.39 is 0 Å². The molecule has 0 spiro atoms. The van der Waals surface area contributed by atoms with Crippen LogP contribution in [-0.4, -0.2) is 14.9 Å². The van der Waals surface area contributed by atoms with Crippen LogP contribution in [-0.2, 0) is 6.42 Å². The molecule has 0 atom stereocenters. The Morgan fingerprint density at radius 1 is 1.12 bits per heavy atom. The normalized spacial score (nSPS) is 11.2. The molecule has 0 fully saturated rings. The average Bonchev–Trinajstić information content (AvgIpc) is 2.89. The maximum absolute atomic E-state index is 12.5.